The number of primary amides is 1. The average Bonchev–Trinajstić information content (AvgIpc) is 2.76. The van der Waals surface area contributed by atoms with Crippen molar-refractivity contribution in [2.24, 2.45) is 5.73 Å². The van der Waals surface area contributed by atoms with E-state index in [2.05, 4.69) is 10.6 Å². The zero-order valence-electron chi connectivity index (χ0n) is 10.9. The maximum Gasteiger partial charge on any atom is 0.251 e. The van der Waals surface area contributed by atoms with Gasteiger partial charge < -0.3 is 16.4 Å². The highest BCUT2D eigenvalue weighted by Crippen LogP contribution is 2.35. The van der Waals surface area contributed by atoms with Gasteiger partial charge >= 0.3 is 0 Å². The van der Waals surface area contributed by atoms with Crippen molar-refractivity contribution < 1.29 is 9.59 Å². The summed E-state index contributed by atoms with van der Waals surface area (Å²) in [5, 5.41) is 6.48. The Bertz CT molecular complexity index is 728. The molecule has 5 nitrogen and oxygen atoms in total. The topological polar surface area (TPSA) is 84.2 Å². The Morgan fingerprint density at radius 1 is 1.19 bits per heavy atom. The first-order chi connectivity index (χ1) is 10.0. The van der Waals surface area contributed by atoms with E-state index in [1.54, 1.807) is 42.5 Å². The fourth-order valence-electron chi connectivity index (χ4n) is 2.27. The van der Waals surface area contributed by atoms with E-state index in [4.69, 9.17) is 17.3 Å². The number of hydrogen-bond donors (Lipinski definition) is 3. The number of carbonyl (C=O) groups excluding carboxylic acids is 2. The van der Waals surface area contributed by atoms with Gasteiger partial charge in [-0.15, -0.1) is 0 Å². The highest BCUT2D eigenvalue weighted by Gasteiger charge is 2.30. The summed E-state index contributed by atoms with van der Waals surface area (Å²) in [5.41, 5.74) is 7.87. The van der Waals surface area contributed by atoms with Crippen molar-refractivity contribution in [3.8, 4) is 0 Å². The second-order valence-corrected chi connectivity index (χ2v) is 5.18. The van der Waals surface area contributed by atoms with Crippen molar-refractivity contribution in [1.29, 1.82) is 0 Å². The molecule has 1 atom stereocenters. The van der Waals surface area contributed by atoms with Gasteiger partial charge in [0.1, 0.15) is 6.04 Å². The van der Waals surface area contributed by atoms with E-state index >= 15 is 0 Å². The Hall–Kier alpha value is -2.53. The molecule has 1 unspecified atom stereocenters. The predicted octanol–water partition coefficient (Wildman–Crippen LogP) is 2.54. The lowest BCUT2D eigenvalue weighted by Crippen LogP contribution is -2.19. The molecule has 0 fully saturated rings. The molecule has 1 heterocycles. The molecule has 0 aromatic heterocycles. The molecule has 2 aromatic carbocycles. The van der Waals surface area contributed by atoms with Gasteiger partial charge in [0, 0.05) is 27.5 Å². The van der Waals surface area contributed by atoms with E-state index in [1.165, 1.54) is 0 Å². The van der Waals surface area contributed by atoms with Gasteiger partial charge in [-0.25, -0.2) is 0 Å². The van der Waals surface area contributed by atoms with Crippen LogP contribution in [0.3, 0.4) is 0 Å². The fourth-order valence-corrected chi connectivity index (χ4v) is 2.45. The summed E-state index contributed by atoms with van der Waals surface area (Å²) in [7, 11) is 0. The van der Waals surface area contributed by atoms with Crippen molar-refractivity contribution in [3.63, 3.8) is 0 Å². The lowest BCUT2D eigenvalue weighted by molar-refractivity contribution is -0.116. The first-order valence-corrected chi connectivity index (χ1v) is 6.69. The SMILES string of the molecule is NC(=O)c1ccc(NC2C(=O)Nc3ccc(Cl)cc32)cc1. The minimum absolute atomic E-state index is 0.147. The minimum Gasteiger partial charge on any atom is -0.370 e. The summed E-state index contributed by atoms with van der Waals surface area (Å²) in [4.78, 5) is 23.1. The number of benzene rings is 2. The standard InChI is InChI=1S/C15H12ClN3O2/c16-9-3-6-12-11(7-9)13(15(21)19-12)18-10-4-1-8(2-5-10)14(17)20/h1-7,13,18H,(H2,17,20)(H,19,21). The van der Waals surface area contributed by atoms with Gasteiger partial charge in [-0.2, -0.15) is 0 Å². The molecule has 0 saturated carbocycles. The molecule has 1 aliphatic heterocycles. The third kappa shape index (κ3) is 2.55. The maximum absolute atomic E-state index is 12.0. The number of amides is 2. The fraction of sp³-hybridized carbons (Fsp3) is 0.0667. The number of fused-ring (bicyclic) bond motifs is 1. The van der Waals surface area contributed by atoms with Crippen molar-refractivity contribution in [2.45, 2.75) is 6.04 Å². The smallest absolute Gasteiger partial charge is 0.251 e. The van der Waals surface area contributed by atoms with E-state index in [0.29, 0.717) is 16.3 Å². The van der Waals surface area contributed by atoms with Crippen LogP contribution in [-0.4, -0.2) is 11.8 Å². The van der Waals surface area contributed by atoms with Crippen LogP contribution < -0.4 is 16.4 Å². The van der Waals surface area contributed by atoms with E-state index in [1.807, 2.05) is 0 Å². The number of hydrogen-bond acceptors (Lipinski definition) is 3. The third-order valence-electron chi connectivity index (χ3n) is 3.33. The number of nitrogens with one attached hydrogen (secondary N) is 2. The van der Waals surface area contributed by atoms with E-state index < -0.39 is 11.9 Å². The van der Waals surface area contributed by atoms with Crippen LogP contribution in [0.1, 0.15) is 22.0 Å². The number of rotatable bonds is 3. The molecule has 6 heteroatoms. The maximum atomic E-state index is 12.0. The van der Waals surface area contributed by atoms with Crippen molar-refractivity contribution in [3.05, 3.63) is 58.6 Å². The molecule has 106 valence electrons. The Morgan fingerprint density at radius 2 is 1.90 bits per heavy atom. The Balaban J connectivity index is 1.87. The van der Waals surface area contributed by atoms with Gasteiger partial charge in [-0.1, -0.05) is 11.6 Å². The molecule has 0 saturated heterocycles. The Kier molecular flexibility index (Phi) is 3.27. The molecule has 2 aromatic rings. The van der Waals surface area contributed by atoms with Gasteiger partial charge in [0.25, 0.3) is 5.91 Å². The van der Waals surface area contributed by atoms with Crippen LogP contribution >= 0.6 is 11.6 Å². The van der Waals surface area contributed by atoms with E-state index in [-0.39, 0.29) is 5.91 Å². The predicted molar refractivity (Wildman–Crippen MR) is 81.4 cm³/mol. The van der Waals surface area contributed by atoms with Crippen molar-refractivity contribution in [1.82, 2.24) is 0 Å². The number of nitrogens with two attached hydrogens (primary N) is 1. The lowest BCUT2D eigenvalue weighted by Gasteiger charge is -2.13. The normalized spacial score (nSPS) is 16.2. The molecule has 3 rings (SSSR count). The average molecular weight is 302 g/mol. The summed E-state index contributed by atoms with van der Waals surface area (Å²) < 4.78 is 0. The van der Waals surface area contributed by atoms with Gasteiger partial charge in [-0.05, 0) is 42.5 Å². The van der Waals surface area contributed by atoms with Gasteiger partial charge in [0.2, 0.25) is 5.91 Å². The van der Waals surface area contributed by atoms with Crippen molar-refractivity contribution in [2.75, 3.05) is 10.6 Å². The molecule has 0 bridgehead atoms. The first kappa shape index (κ1) is 13.5. The Labute approximate surface area is 126 Å². The molecular formula is C15H12ClN3O2. The lowest BCUT2D eigenvalue weighted by atomic mass is 10.1. The van der Waals surface area contributed by atoms with Crippen LogP contribution in [-0.2, 0) is 4.79 Å². The van der Waals surface area contributed by atoms with Crippen LogP contribution in [0.25, 0.3) is 0 Å². The van der Waals surface area contributed by atoms with E-state index in [9.17, 15) is 9.59 Å². The number of halogens is 1. The second kappa shape index (κ2) is 5.10. The summed E-state index contributed by atoms with van der Waals surface area (Å²) in [6.45, 7) is 0. The number of carbonyl (C=O) groups is 2. The second-order valence-electron chi connectivity index (χ2n) is 4.74. The zero-order valence-corrected chi connectivity index (χ0v) is 11.6. The summed E-state index contributed by atoms with van der Waals surface area (Å²) >= 11 is 5.98. The molecule has 21 heavy (non-hydrogen) atoms. The van der Waals surface area contributed by atoms with Crippen LogP contribution in [0.5, 0.6) is 0 Å². The van der Waals surface area contributed by atoms with Gasteiger partial charge in [0.15, 0.2) is 0 Å². The third-order valence-corrected chi connectivity index (χ3v) is 3.56. The highest BCUT2D eigenvalue weighted by molar-refractivity contribution is 6.31. The summed E-state index contributed by atoms with van der Waals surface area (Å²) in [6.07, 6.45) is 0. The van der Waals surface area contributed by atoms with Crippen LogP contribution in [0.4, 0.5) is 11.4 Å². The van der Waals surface area contributed by atoms with Gasteiger partial charge in [-0.3, -0.25) is 9.59 Å². The minimum atomic E-state index is -0.516. The quantitative estimate of drug-likeness (QED) is 0.814. The first-order valence-electron chi connectivity index (χ1n) is 6.31. The molecule has 4 N–H and O–H groups in total. The molecule has 0 aliphatic carbocycles. The van der Waals surface area contributed by atoms with Gasteiger partial charge in [0.05, 0.1) is 0 Å². The Morgan fingerprint density at radius 3 is 2.57 bits per heavy atom. The molecular weight excluding hydrogens is 290 g/mol. The zero-order chi connectivity index (χ0) is 15.0. The highest BCUT2D eigenvalue weighted by atomic mass is 35.5. The molecule has 0 radical (unpaired) electrons. The van der Waals surface area contributed by atoms with Crippen LogP contribution in [0.15, 0.2) is 42.5 Å². The van der Waals surface area contributed by atoms with Crippen LogP contribution in [0.2, 0.25) is 5.02 Å². The molecule has 0 spiro atoms. The monoisotopic (exact) mass is 301 g/mol. The molecule has 1 aliphatic rings. The van der Waals surface area contributed by atoms with E-state index in [0.717, 1.165) is 11.3 Å². The number of anilines is 2. The molecule has 2 amide bonds. The van der Waals surface area contributed by atoms with Crippen LogP contribution in [0, 0.1) is 0 Å². The largest absolute Gasteiger partial charge is 0.370 e. The van der Waals surface area contributed by atoms with Crippen molar-refractivity contribution >= 4 is 34.8 Å². The summed E-state index contributed by atoms with van der Waals surface area (Å²) in [6, 6.07) is 11.4. The summed E-state index contributed by atoms with van der Waals surface area (Å²) in [5.74, 6) is -0.636.